The summed E-state index contributed by atoms with van der Waals surface area (Å²) >= 11 is 3.71. The van der Waals surface area contributed by atoms with Crippen LogP contribution in [0.5, 0.6) is 0 Å². The first-order chi connectivity index (χ1) is 9.49. The Morgan fingerprint density at radius 3 is 2.55 bits per heavy atom. The Labute approximate surface area is 132 Å². The summed E-state index contributed by atoms with van der Waals surface area (Å²) in [5.41, 5.74) is 2.46. The average molecular weight is 344 g/mol. The maximum atomic E-state index is 4.61. The second-order valence-corrected chi connectivity index (χ2v) is 6.86. The van der Waals surface area contributed by atoms with Gasteiger partial charge in [-0.05, 0) is 74.0 Å². The minimum atomic E-state index is 0.680. The van der Waals surface area contributed by atoms with Crippen molar-refractivity contribution in [1.29, 1.82) is 0 Å². The van der Waals surface area contributed by atoms with Gasteiger partial charge < -0.3 is 5.32 Å². The molecule has 1 aromatic rings. The minimum Gasteiger partial charge on any atom is -0.316 e. The topological polar surface area (TPSA) is 29.9 Å². The molecule has 1 rings (SSSR count). The van der Waals surface area contributed by atoms with Crippen molar-refractivity contribution in [2.24, 2.45) is 11.8 Å². The van der Waals surface area contributed by atoms with Gasteiger partial charge in [0, 0.05) is 6.54 Å². The molecule has 0 amide bonds. The van der Waals surface area contributed by atoms with Gasteiger partial charge >= 0.3 is 0 Å². The summed E-state index contributed by atoms with van der Waals surface area (Å²) in [4.78, 5) is 0. The van der Waals surface area contributed by atoms with E-state index in [1.165, 1.54) is 23.0 Å². The number of aromatic nitrogens is 2. The van der Waals surface area contributed by atoms with Crippen LogP contribution in [0, 0.1) is 18.8 Å². The summed E-state index contributed by atoms with van der Waals surface area (Å²) in [7, 11) is 0. The van der Waals surface area contributed by atoms with Gasteiger partial charge in [-0.2, -0.15) is 5.10 Å². The summed E-state index contributed by atoms with van der Waals surface area (Å²) in [5, 5.41) is 8.19. The van der Waals surface area contributed by atoms with Crippen LogP contribution < -0.4 is 5.32 Å². The van der Waals surface area contributed by atoms with Gasteiger partial charge in [-0.3, -0.25) is 4.68 Å². The van der Waals surface area contributed by atoms with Gasteiger partial charge in [0.15, 0.2) is 0 Å². The highest BCUT2D eigenvalue weighted by atomic mass is 79.9. The summed E-state index contributed by atoms with van der Waals surface area (Å²) in [6.45, 7) is 14.2. The average Bonchev–Trinajstić information content (AvgIpc) is 2.66. The molecule has 0 spiro atoms. The molecule has 1 unspecified atom stereocenters. The Hall–Kier alpha value is -0.350. The molecule has 1 N–H and O–H groups in total. The molecule has 1 atom stereocenters. The van der Waals surface area contributed by atoms with Gasteiger partial charge in [0.1, 0.15) is 0 Å². The first-order valence-electron chi connectivity index (χ1n) is 7.91. The standard InChI is InChI=1S/C16H30BrN3/c1-6-8-18-11-14(9-12(3)4)10-15-16(17)13(5)19-20(15)7-2/h12,14,18H,6-11H2,1-5H3. The molecule has 3 nitrogen and oxygen atoms in total. The van der Waals surface area contributed by atoms with Crippen LogP contribution in [0.3, 0.4) is 0 Å². The fourth-order valence-electron chi connectivity index (χ4n) is 2.73. The van der Waals surface area contributed by atoms with E-state index in [0.29, 0.717) is 5.92 Å². The Kier molecular flexibility index (Phi) is 7.82. The number of hydrogen-bond acceptors (Lipinski definition) is 2. The molecule has 116 valence electrons. The lowest BCUT2D eigenvalue weighted by Gasteiger charge is -2.20. The molecular formula is C16H30BrN3. The number of hydrogen-bond donors (Lipinski definition) is 1. The molecule has 0 saturated carbocycles. The lowest BCUT2D eigenvalue weighted by molar-refractivity contribution is 0.376. The quantitative estimate of drug-likeness (QED) is 0.681. The van der Waals surface area contributed by atoms with E-state index < -0.39 is 0 Å². The van der Waals surface area contributed by atoms with Crippen LogP contribution in [0.25, 0.3) is 0 Å². The van der Waals surface area contributed by atoms with Crippen molar-refractivity contribution in [2.45, 2.75) is 60.4 Å². The van der Waals surface area contributed by atoms with Gasteiger partial charge in [-0.15, -0.1) is 0 Å². The van der Waals surface area contributed by atoms with Crippen molar-refractivity contribution in [3.8, 4) is 0 Å². The van der Waals surface area contributed by atoms with E-state index in [1.807, 2.05) is 0 Å². The lowest BCUT2D eigenvalue weighted by Crippen LogP contribution is -2.27. The summed E-state index contributed by atoms with van der Waals surface area (Å²) in [6.07, 6.45) is 3.56. The van der Waals surface area contributed by atoms with Gasteiger partial charge in [-0.1, -0.05) is 20.8 Å². The predicted molar refractivity (Wildman–Crippen MR) is 90.1 cm³/mol. The Morgan fingerprint density at radius 2 is 2.00 bits per heavy atom. The molecule has 0 bridgehead atoms. The normalized spacial score (nSPS) is 13.2. The monoisotopic (exact) mass is 343 g/mol. The molecule has 1 heterocycles. The smallest absolute Gasteiger partial charge is 0.0738 e. The van der Waals surface area contributed by atoms with E-state index in [2.05, 4.69) is 65.6 Å². The second kappa shape index (κ2) is 8.83. The van der Waals surface area contributed by atoms with E-state index in [9.17, 15) is 0 Å². The van der Waals surface area contributed by atoms with Gasteiger partial charge in [-0.25, -0.2) is 0 Å². The molecule has 0 aliphatic heterocycles. The molecule has 0 saturated heterocycles. The number of halogens is 1. The van der Waals surface area contributed by atoms with Crippen LogP contribution in [0.4, 0.5) is 0 Å². The van der Waals surface area contributed by atoms with E-state index in [-0.39, 0.29) is 0 Å². The first-order valence-corrected chi connectivity index (χ1v) is 8.71. The van der Waals surface area contributed by atoms with Crippen LogP contribution in [-0.4, -0.2) is 22.9 Å². The number of nitrogens with one attached hydrogen (secondary N) is 1. The maximum absolute atomic E-state index is 4.61. The van der Waals surface area contributed by atoms with E-state index in [0.717, 1.165) is 37.7 Å². The van der Waals surface area contributed by atoms with Crippen molar-refractivity contribution in [2.75, 3.05) is 13.1 Å². The van der Waals surface area contributed by atoms with Gasteiger partial charge in [0.25, 0.3) is 0 Å². The van der Waals surface area contributed by atoms with Crippen molar-refractivity contribution in [3.63, 3.8) is 0 Å². The third kappa shape index (κ3) is 5.21. The van der Waals surface area contributed by atoms with Gasteiger partial charge in [0.05, 0.1) is 15.9 Å². The maximum Gasteiger partial charge on any atom is 0.0738 e. The fourth-order valence-corrected chi connectivity index (χ4v) is 3.17. The largest absolute Gasteiger partial charge is 0.316 e. The summed E-state index contributed by atoms with van der Waals surface area (Å²) in [6, 6.07) is 0. The van der Waals surface area contributed by atoms with E-state index in [4.69, 9.17) is 0 Å². The van der Waals surface area contributed by atoms with Crippen molar-refractivity contribution < 1.29 is 0 Å². The third-order valence-corrected chi connectivity index (χ3v) is 4.63. The molecule has 20 heavy (non-hydrogen) atoms. The van der Waals surface area contributed by atoms with Crippen molar-refractivity contribution in [1.82, 2.24) is 15.1 Å². The van der Waals surface area contributed by atoms with Crippen molar-refractivity contribution in [3.05, 3.63) is 15.9 Å². The molecule has 1 aromatic heterocycles. The summed E-state index contributed by atoms with van der Waals surface area (Å²) < 4.78 is 3.34. The summed E-state index contributed by atoms with van der Waals surface area (Å²) in [5.74, 6) is 1.42. The SMILES string of the molecule is CCCNCC(Cc1c(Br)c(C)nn1CC)CC(C)C. The fraction of sp³-hybridized carbons (Fsp3) is 0.812. The number of nitrogens with zero attached hydrogens (tertiary/aromatic N) is 2. The Balaban J connectivity index is 2.77. The molecule has 4 heteroatoms. The highest BCUT2D eigenvalue weighted by Crippen LogP contribution is 2.25. The van der Waals surface area contributed by atoms with Crippen LogP contribution in [0.15, 0.2) is 4.47 Å². The van der Waals surface area contributed by atoms with Crippen molar-refractivity contribution >= 4 is 15.9 Å². The zero-order chi connectivity index (χ0) is 15.1. The zero-order valence-electron chi connectivity index (χ0n) is 13.7. The molecule has 0 aliphatic carbocycles. The first kappa shape index (κ1) is 17.7. The Bertz CT molecular complexity index is 399. The van der Waals surface area contributed by atoms with Crippen LogP contribution in [-0.2, 0) is 13.0 Å². The van der Waals surface area contributed by atoms with E-state index in [1.54, 1.807) is 0 Å². The van der Waals surface area contributed by atoms with Crippen LogP contribution >= 0.6 is 15.9 Å². The number of aryl methyl sites for hydroxylation is 2. The molecule has 0 fully saturated rings. The zero-order valence-corrected chi connectivity index (χ0v) is 15.3. The molecule has 0 aliphatic rings. The lowest BCUT2D eigenvalue weighted by atomic mass is 9.92. The highest BCUT2D eigenvalue weighted by molar-refractivity contribution is 9.10. The van der Waals surface area contributed by atoms with Crippen LogP contribution in [0.2, 0.25) is 0 Å². The van der Waals surface area contributed by atoms with E-state index >= 15 is 0 Å². The van der Waals surface area contributed by atoms with Crippen LogP contribution in [0.1, 0.15) is 51.9 Å². The molecule has 0 radical (unpaired) electrons. The van der Waals surface area contributed by atoms with Gasteiger partial charge in [0.2, 0.25) is 0 Å². The third-order valence-electron chi connectivity index (χ3n) is 3.60. The molecule has 0 aromatic carbocycles. The Morgan fingerprint density at radius 1 is 1.30 bits per heavy atom. The minimum absolute atomic E-state index is 0.680. The predicted octanol–water partition coefficient (Wildman–Crippen LogP) is 4.18. The highest BCUT2D eigenvalue weighted by Gasteiger charge is 2.18. The number of rotatable bonds is 9. The second-order valence-electron chi connectivity index (χ2n) is 6.07. The molecular weight excluding hydrogens is 314 g/mol.